The van der Waals surface area contributed by atoms with Gasteiger partial charge in [-0.25, -0.2) is 0 Å². The van der Waals surface area contributed by atoms with E-state index in [1.54, 1.807) is 0 Å². The van der Waals surface area contributed by atoms with Gasteiger partial charge < -0.3 is 5.32 Å². The van der Waals surface area contributed by atoms with Crippen LogP contribution in [0.5, 0.6) is 0 Å². The molecule has 3 heteroatoms. The molecule has 0 aliphatic carbocycles. The molecule has 1 unspecified atom stereocenters. The number of hydrogen-bond acceptors (Lipinski definition) is 2. The number of carbonyl (C=O) groups is 1. The van der Waals surface area contributed by atoms with Gasteiger partial charge in [-0.3, -0.25) is 9.69 Å². The van der Waals surface area contributed by atoms with Gasteiger partial charge in [-0.2, -0.15) is 0 Å². The highest BCUT2D eigenvalue weighted by atomic mass is 16.1. The minimum Gasteiger partial charge on any atom is -0.322 e. The summed E-state index contributed by atoms with van der Waals surface area (Å²) in [6.45, 7) is 4.78. The third kappa shape index (κ3) is 3.83. The Morgan fingerprint density at radius 2 is 1.92 bits per heavy atom. The molecule has 1 atom stereocenters. The standard InChI is InChI=1S/C22H26N2O/c1-4-16(2)22(25)23-20-12-8-6-10-18(20)15-21-19-11-7-5-9-17(19)13-14-24(21)3/h4-12,21H,13-15H2,1-3H3,(H,23,25). The van der Waals surface area contributed by atoms with Crippen molar-refractivity contribution in [3.63, 3.8) is 0 Å². The first kappa shape index (κ1) is 17.4. The van der Waals surface area contributed by atoms with Crippen molar-refractivity contribution in [2.45, 2.75) is 32.7 Å². The molecule has 0 bridgehead atoms. The summed E-state index contributed by atoms with van der Waals surface area (Å²) in [6.07, 6.45) is 3.82. The van der Waals surface area contributed by atoms with E-state index in [9.17, 15) is 4.79 Å². The van der Waals surface area contributed by atoms with Crippen molar-refractivity contribution in [2.75, 3.05) is 18.9 Å². The Morgan fingerprint density at radius 1 is 1.20 bits per heavy atom. The molecule has 1 amide bonds. The van der Waals surface area contributed by atoms with Gasteiger partial charge in [0.1, 0.15) is 0 Å². The maximum absolute atomic E-state index is 12.3. The van der Waals surface area contributed by atoms with Crippen LogP contribution in [-0.2, 0) is 17.6 Å². The van der Waals surface area contributed by atoms with E-state index in [1.807, 2.05) is 38.1 Å². The van der Waals surface area contributed by atoms with Crippen LogP contribution in [0.4, 0.5) is 5.69 Å². The Morgan fingerprint density at radius 3 is 2.72 bits per heavy atom. The zero-order chi connectivity index (χ0) is 17.8. The number of hydrogen-bond donors (Lipinski definition) is 1. The normalized spacial score (nSPS) is 17.9. The smallest absolute Gasteiger partial charge is 0.250 e. The van der Waals surface area contributed by atoms with Gasteiger partial charge in [0.15, 0.2) is 0 Å². The summed E-state index contributed by atoms with van der Waals surface area (Å²) in [5.41, 5.74) is 5.66. The molecule has 0 saturated carbocycles. The molecule has 25 heavy (non-hydrogen) atoms. The zero-order valence-corrected chi connectivity index (χ0v) is 15.3. The second-order valence-electron chi connectivity index (χ2n) is 6.73. The summed E-state index contributed by atoms with van der Waals surface area (Å²) in [6, 6.07) is 17.2. The number of likely N-dealkylation sites (N-methyl/N-ethyl adjacent to an activating group) is 1. The van der Waals surface area contributed by atoms with Crippen LogP contribution in [0.1, 0.15) is 36.6 Å². The summed E-state index contributed by atoms with van der Waals surface area (Å²) < 4.78 is 0. The Bertz CT molecular complexity index is 794. The molecule has 0 saturated heterocycles. The molecule has 1 aliphatic heterocycles. The fourth-order valence-electron chi connectivity index (χ4n) is 3.42. The van der Waals surface area contributed by atoms with Gasteiger partial charge in [-0.05, 0) is 56.5 Å². The SMILES string of the molecule is CC=C(C)C(=O)Nc1ccccc1CC1c2ccccc2CCN1C. The van der Waals surface area contributed by atoms with Gasteiger partial charge in [0.2, 0.25) is 0 Å². The van der Waals surface area contributed by atoms with Crippen LogP contribution in [0.3, 0.4) is 0 Å². The van der Waals surface area contributed by atoms with Crippen LogP contribution in [0.15, 0.2) is 60.2 Å². The summed E-state index contributed by atoms with van der Waals surface area (Å²) in [7, 11) is 2.19. The van der Waals surface area contributed by atoms with E-state index in [4.69, 9.17) is 0 Å². The van der Waals surface area contributed by atoms with Crippen molar-refractivity contribution < 1.29 is 4.79 Å². The largest absolute Gasteiger partial charge is 0.322 e. The lowest BCUT2D eigenvalue weighted by Crippen LogP contribution is -2.33. The summed E-state index contributed by atoms with van der Waals surface area (Å²) >= 11 is 0. The summed E-state index contributed by atoms with van der Waals surface area (Å²) in [5, 5.41) is 3.06. The number of para-hydroxylation sites is 1. The molecule has 2 aromatic rings. The monoisotopic (exact) mass is 334 g/mol. The molecular formula is C22H26N2O. The highest BCUT2D eigenvalue weighted by Gasteiger charge is 2.25. The minimum atomic E-state index is -0.0349. The molecule has 1 N–H and O–H groups in total. The third-order valence-electron chi connectivity index (χ3n) is 5.15. The van der Waals surface area contributed by atoms with Crippen molar-refractivity contribution in [3.8, 4) is 0 Å². The topological polar surface area (TPSA) is 32.3 Å². The zero-order valence-electron chi connectivity index (χ0n) is 15.3. The maximum Gasteiger partial charge on any atom is 0.250 e. The minimum absolute atomic E-state index is 0.0349. The molecule has 0 fully saturated rings. The number of fused-ring (bicyclic) bond motifs is 1. The van der Waals surface area contributed by atoms with E-state index in [1.165, 1.54) is 16.7 Å². The number of carbonyl (C=O) groups excluding carboxylic acids is 1. The number of nitrogens with zero attached hydrogens (tertiary/aromatic N) is 1. The van der Waals surface area contributed by atoms with Crippen LogP contribution in [0.2, 0.25) is 0 Å². The van der Waals surface area contributed by atoms with Gasteiger partial charge in [-0.1, -0.05) is 48.5 Å². The van der Waals surface area contributed by atoms with Crippen LogP contribution in [0, 0.1) is 0 Å². The second-order valence-corrected chi connectivity index (χ2v) is 6.73. The first-order valence-corrected chi connectivity index (χ1v) is 8.90. The van der Waals surface area contributed by atoms with Crippen molar-refractivity contribution >= 4 is 11.6 Å². The third-order valence-corrected chi connectivity index (χ3v) is 5.15. The van der Waals surface area contributed by atoms with Crippen molar-refractivity contribution in [2.24, 2.45) is 0 Å². The number of amides is 1. The van der Waals surface area contributed by atoms with Gasteiger partial charge in [0.05, 0.1) is 0 Å². The molecule has 0 radical (unpaired) electrons. The Hall–Kier alpha value is -2.39. The number of allylic oxidation sites excluding steroid dienone is 1. The fourth-order valence-corrected chi connectivity index (χ4v) is 3.42. The lowest BCUT2D eigenvalue weighted by atomic mass is 9.88. The quantitative estimate of drug-likeness (QED) is 0.843. The average molecular weight is 334 g/mol. The van der Waals surface area contributed by atoms with Crippen molar-refractivity contribution in [1.82, 2.24) is 4.90 Å². The molecule has 1 heterocycles. The molecule has 3 nitrogen and oxygen atoms in total. The fraction of sp³-hybridized carbons (Fsp3) is 0.318. The molecule has 0 spiro atoms. The van der Waals surface area contributed by atoms with E-state index >= 15 is 0 Å². The highest BCUT2D eigenvalue weighted by molar-refractivity contribution is 6.03. The summed E-state index contributed by atoms with van der Waals surface area (Å²) in [4.78, 5) is 14.7. The number of rotatable bonds is 4. The van der Waals surface area contributed by atoms with E-state index in [0.717, 1.165) is 30.6 Å². The predicted molar refractivity (Wildman–Crippen MR) is 104 cm³/mol. The molecule has 2 aromatic carbocycles. The first-order chi connectivity index (χ1) is 12.1. The predicted octanol–water partition coefficient (Wildman–Crippen LogP) is 4.36. The molecule has 1 aliphatic rings. The van der Waals surface area contributed by atoms with Gasteiger partial charge in [0.25, 0.3) is 5.91 Å². The van der Waals surface area contributed by atoms with Crippen LogP contribution >= 0.6 is 0 Å². The van der Waals surface area contributed by atoms with E-state index in [-0.39, 0.29) is 5.91 Å². The lowest BCUT2D eigenvalue weighted by molar-refractivity contribution is -0.112. The van der Waals surface area contributed by atoms with Crippen LogP contribution in [-0.4, -0.2) is 24.4 Å². The van der Waals surface area contributed by atoms with Crippen molar-refractivity contribution in [3.05, 3.63) is 76.9 Å². The number of benzene rings is 2. The van der Waals surface area contributed by atoms with Crippen LogP contribution < -0.4 is 5.32 Å². The molecule has 0 aromatic heterocycles. The van der Waals surface area contributed by atoms with Gasteiger partial charge in [-0.15, -0.1) is 0 Å². The van der Waals surface area contributed by atoms with E-state index in [2.05, 4.69) is 47.6 Å². The molecular weight excluding hydrogens is 308 g/mol. The average Bonchev–Trinajstić information content (AvgIpc) is 2.64. The maximum atomic E-state index is 12.3. The number of nitrogens with one attached hydrogen (secondary N) is 1. The first-order valence-electron chi connectivity index (χ1n) is 8.90. The van der Waals surface area contributed by atoms with Crippen LogP contribution in [0.25, 0.3) is 0 Å². The van der Waals surface area contributed by atoms with Gasteiger partial charge in [0, 0.05) is 23.8 Å². The second kappa shape index (κ2) is 7.66. The number of anilines is 1. The van der Waals surface area contributed by atoms with E-state index in [0.29, 0.717) is 6.04 Å². The molecule has 130 valence electrons. The van der Waals surface area contributed by atoms with E-state index < -0.39 is 0 Å². The molecule has 3 rings (SSSR count). The van der Waals surface area contributed by atoms with Crippen molar-refractivity contribution in [1.29, 1.82) is 0 Å². The lowest BCUT2D eigenvalue weighted by Gasteiger charge is -2.35. The Labute approximate surface area is 150 Å². The highest BCUT2D eigenvalue weighted by Crippen LogP contribution is 2.33. The Balaban J connectivity index is 1.88. The summed E-state index contributed by atoms with van der Waals surface area (Å²) in [5.74, 6) is -0.0349. The Kier molecular flexibility index (Phi) is 5.34. The van der Waals surface area contributed by atoms with Gasteiger partial charge >= 0.3 is 0 Å².